The molecule has 8 heteroatoms. The fourth-order valence-electron chi connectivity index (χ4n) is 2.99. The van der Waals surface area contributed by atoms with Gasteiger partial charge in [0, 0.05) is 6.54 Å². The number of carbonyl (C=O) groups excluding carboxylic acids is 1. The molecule has 5 nitrogen and oxygen atoms in total. The molecule has 1 aromatic carbocycles. The lowest BCUT2D eigenvalue weighted by atomic mass is 10.1. The summed E-state index contributed by atoms with van der Waals surface area (Å²) in [5, 5.41) is 7.08. The highest BCUT2D eigenvalue weighted by molar-refractivity contribution is 7.21. The topological polar surface area (TPSA) is 67.2 Å². The van der Waals surface area contributed by atoms with Crippen molar-refractivity contribution in [2.45, 2.75) is 12.8 Å². The number of nitrogens with zero attached hydrogens (tertiary/aromatic N) is 1. The molecule has 4 rings (SSSR count). The van der Waals surface area contributed by atoms with Crippen molar-refractivity contribution in [2.24, 2.45) is 5.92 Å². The molecule has 0 saturated carbocycles. The average Bonchev–Trinajstić information content (AvgIpc) is 3.33. The van der Waals surface area contributed by atoms with Crippen molar-refractivity contribution in [3.05, 3.63) is 42.2 Å². The van der Waals surface area contributed by atoms with Gasteiger partial charge in [0.15, 0.2) is 16.5 Å². The van der Waals surface area contributed by atoms with Crippen molar-refractivity contribution in [3.8, 4) is 10.8 Å². The lowest BCUT2D eigenvalue weighted by Gasteiger charge is -2.08. The number of rotatable bonds is 5. The first-order valence-electron chi connectivity index (χ1n) is 8.24. The molecular formula is C18H21Cl2N3O2S. The van der Waals surface area contributed by atoms with Crippen molar-refractivity contribution in [2.75, 3.05) is 19.6 Å². The Morgan fingerprint density at radius 2 is 2.12 bits per heavy atom. The Labute approximate surface area is 168 Å². The molecule has 2 N–H and O–H groups in total. The van der Waals surface area contributed by atoms with Crippen LogP contribution in [-0.4, -0.2) is 30.5 Å². The smallest absolute Gasteiger partial charge is 0.287 e. The van der Waals surface area contributed by atoms with Crippen LogP contribution in [0.4, 0.5) is 0 Å². The normalized spacial score (nSPS) is 16.1. The third-order valence-corrected chi connectivity index (χ3v) is 5.39. The highest BCUT2D eigenvalue weighted by Gasteiger charge is 2.17. The van der Waals surface area contributed by atoms with Crippen molar-refractivity contribution in [1.29, 1.82) is 0 Å². The number of fused-ring (bicyclic) bond motifs is 1. The number of aromatic nitrogens is 1. The van der Waals surface area contributed by atoms with Gasteiger partial charge in [0.25, 0.3) is 5.91 Å². The number of para-hydroxylation sites is 1. The molecule has 1 fully saturated rings. The minimum absolute atomic E-state index is 0. The molecule has 0 spiro atoms. The molecule has 0 aliphatic carbocycles. The lowest BCUT2D eigenvalue weighted by molar-refractivity contribution is 0.0925. The Morgan fingerprint density at radius 3 is 2.88 bits per heavy atom. The van der Waals surface area contributed by atoms with E-state index in [1.54, 1.807) is 17.4 Å². The van der Waals surface area contributed by atoms with E-state index in [0.29, 0.717) is 24.0 Å². The van der Waals surface area contributed by atoms with Crippen molar-refractivity contribution in [1.82, 2.24) is 15.6 Å². The summed E-state index contributed by atoms with van der Waals surface area (Å²) in [7, 11) is 0. The number of hydrogen-bond acceptors (Lipinski definition) is 5. The van der Waals surface area contributed by atoms with E-state index in [0.717, 1.165) is 34.7 Å². The van der Waals surface area contributed by atoms with Crippen LogP contribution in [0.25, 0.3) is 21.0 Å². The maximum Gasteiger partial charge on any atom is 0.287 e. The van der Waals surface area contributed by atoms with Crippen LogP contribution in [0.15, 0.2) is 40.8 Å². The molecule has 3 heterocycles. The highest BCUT2D eigenvalue weighted by Crippen LogP contribution is 2.31. The summed E-state index contributed by atoms with van der Waals surface area (Å²) in [6, 6.07) is 11.5. The van der Waals surface area contributed by atoms with Gasteiger partial charge in [0.05, 0.1) is 10.2 Å². The third kappa shape index (κ3) is 4.57. The number of benzene rings is 1. The second kappa shape index (κ2) is 9.37. The second-order valence-electron chi connectivity index (χ2n) is 6.05. The summed E-state index contributed by atoms with van der Waals surface area (Å²) in [6.45, 7) is 2.82. The van der Waals surface area contributed by atoms with E-state index in [1.807, 2.05) is 30.3 Å². The van der Waals surface area contributed by atoms with Gasteiger partial charge in [-0.3, -0.25) is 4.79 Å². The zero-order valence-electron chi connectivity index (χ0n) is 14.1. The van der Waals surface area contributed by atoms with Gasteiger partial charge in [-0.1, -0.05) is 12.1 Å². The molecule has 26 heavy (non-hydrogen) atoms. The Kier molecular flexibility index (Phi) is 7.46. The summed E-state index contributed by atoms with van der Waals surface area (Å²) in [4.78, 5) is 16.8. The van der Waals surface area contributed by atoms with E-state index in [-0.39, 0.29) is 30.7 Å². The van der Waals surface area contributed by atoms with Gasteiger partial charge in [-0.2, -0.15) is 0 Å². The van der Waals surface area contributed by atoms with E-state index >= 15 is 0 Å². The fraction of sp³-hybridized carbons (Fsp3) is 0.333. The Bertz CT molecular complexity index is 826. The molecule has 2 aromatic heterocycles. The molecule has 1 saturated heterocycles. The van der Waals surface area contributed by atoms with Crippen LogP contribution in [0.3, 0.4) is 0 Å². The zero-order chi connectivity index (χ0) is 16.4. The molecule has 1 amide bonds. The number of nitrogens with one attached hydrogen (secondary N) is 2. The summed E-state index contributed by atoms with van der Waals surface area (Å²) in [5.74, 6) is 1.49. The number of furan rings is 1. The molecule has 1 unspecified atom stereocenters. The van der Waals surface area contributed by atoms with E-state index in [1.165, 1.54) is 6.42 Å². The molecule has 0 radical (unpaired) electrons. The largest absolute Gasteiger partial charge is 0.448 e. The van der Waals surface area contributed by atoms with Crippen LogP contribution in [0.2, 0.25) is 0 Å². The lowest BCUT2D eigenvalue weighted by Crippen LogP contribution is -2.26. The number of halogens is 2. The van der Waals surface area contributed by atoms with Crippen LogP contribution < -0.4 is 10.6 Å². The Hall–Kier alpha value is -1.60. The number of carbonyl (C=O) groups is 1. The van der Waals surface area contributed by atoms with Crippen LogP contribution in [0, 0.1) is 5.92 Å². The predicted octanol–water partition coefficient (Wildman–Crippen LogP) is 4.13. The first-order valence-corrected chi connectivity index (χ1v) is 9.06. The molecule has 1 aliphatic heterocycles. The van der Waals surface area contributed by atoms with E-state index in [4.69, 9.17) is 4.42 Å². The molecule has 1 aliphatic rings. The first kappa shape index (κ1) is 20.7. The van der Waals surface area contributed by atoms with Crippen LogP contribution in [-0.2, 0) is 0 Å². The van der Waals surface area contributed by atoms with Crippen LogP contribution in [0.1, 0.15) is 23.4 Å². The Balaban J connectivity index is 0.00000121. The summed E-state index contributed by atoms with van der Waals surface area (Å²) in [5.41, 5.74) is 0.949. The average molecular weight is 414 g/mol. The number of thiazole rings is 1. The van der Waals surface area contributed by atoms with Crippen molar-refractivity contribution in [3.63, 3.8) is 0 Å². The quantitative estimate of drug-likeness (QED) is 0.659. The second-order valence-corrected chi connectivity index (χ2v) is 7.08. The van der Waals surface area contributed by atoms with Crippen LogP contribution >= 0.6 is 36.2 Å². The molecular weight excluding hydrogens is 393 g/mol. The highest BCUT2D eigenvalue weighted by atomic mass is 35.5. The SMILES string of the molecule is Cl.Cl.O=C(NCCC1CCNC1)c1ccc(-c2nc3ccccc3s2)o1. The summed E-state index contributed by atoms with van der Waals surface area (Å²) in [6.07, 6.45) is 2.20. The molecule has 3 aromatic rings. The first-order chi connectivity index (χ1) is 11.8. The van der Waals surface area contributed by atoms with Gasteiger partial charge in [0.2, 0.25) is 0 Å². The van der Waals surface area contributed by atoms with Gasteiger partial charge >= 0.3 is 0 Å². The molecule has 0 bridgehead atoms. The van der Waals surface area contributed by atoms with Crippen LogP contribution in [0.5, 0.6) is 0 Å². The Morgan fingerprint density at radius 1 is 1.27 bits per heavy atom. The van der Waals surface area contributed by atoms with Crippen molar-refractivity contribution < 1.29 is 9.21 Å². The van der Waals surface area contributed by atoms with E-state index in [2.05, 4.69) is 15.6 Å². The maximum absolute atomic E-state index is 12.2. The van der Waals surface area contributed by atoms with Gasteiger partial charge in [-0.25, -0.2) is 4.98 Å². The number of amides is 1. The van der Waals surface area contributed by atoms with Crippen molar-refractivity contribution >= 4 is 52.3 Å². The fourth-order valence-corrected chi connectivity index (χ4v) is 3.92. The number of hydrogen-bond donors (Lipinski definition) is 2. The zero-order valence-corrected chi connectivity index (χ0v) is 16.5. The molecule has 140 valence electrons. The van der Waals surface area contributed by atoms with Gasteiger partial charge in [-0.15, -0.1) is 36.2 Å². The maximum atomic E-state index is 12.2. The summed E-state index contributed by atoms with van der Waals surface area (Å²) >= 11 is 1.57. The predicted molar refractivity (Wildman–Crippen MR) is 110 cm³/mol. The summed E-state index contributed by atoms with van der Waals surface area (Å²) < 4.78 is 6.82. The molecule has 1 atom stereocenters. The van der Waals surface area contributed by atoms with Gasteiger partial charge < -0.3 is 15.1 Å². The third-order valence-electron chi connectivity index (χ3n) is 4.33. The van der Waals surface area contributed by atoms with E-state index in [9.17, 15) is 4.79 Å². The monoisotopic (exact) mass is 413 g/mol. The van der Waals surface area contributed by atoms with E-state index < -0.39 is 0 Å². The minimum atomic E-state index is -0.159. The standard InChI is InChI=1S/C18H19N3O2S.2ClH/c22-17(20-10-8-12-7-9-19-11-12)14-5-6-15(23-14)18-21-13-3-1-2-4-16(13)24-18;;/h1-6,12,19H,7-11H2,(H,20,22);2*1H. The van der Waals surface area contributed by atoms with Gasteiger partial charge in [0.1, 0.15) is 0 Å². The minimum Gasteiger partial charge on any atom is -0.448 e. The van der Waals surface area contributed by atoms with Gasteiger partial charge in [-0.05, 0) is 56.1 Å².